The van der Waals surface area contributed by atoms with Gasteiger partial charge in [-0.25, -0.2) is 4.79 Å². The normalized spacial score (nSPS) is 11.2. The van der Waals surface area contributed by atoms with Crippen LogP contribution in [0.5, 0.6) is 5.75 Å². The quantitative estimate of drug-likeness (QED) is 0.584. The van der Waals surface area contributed by atoms with Crippen molar-refractivity contribution in [3.8, 4) is 5.75 Å². The summed E-state index contributed by atoms with van der Waals surface area (Å²) in [5.74, 6) is 0.830. The maximum Gasteiger partial charge on any atom is 0.412 e. The van der Waals surface area contributed by atoms with Crippen LogP contribution in [0, 0.1) is 0 Å². The summed E-state index contributed by atoms with van der Waals surface area (Å²) < 4.78 is 5.14. The molecule has 4 nitrogen and oxygen atoms in total. The first-order valence-corrected chi connectivity index (χ1v) is 6.88. The fourth-order valence-electron chi connectivity index (χ4n) is 1.54. The van der Waals surface area contributed by atoms with Crippen molar-refractivity contribution in [1.29, 1.82) is 0 Å². The summed E-state index contributed by atoms with van der Waals surface area (Å²) in [7, 11) is 0. The van der Waals surface area contributed by atoms with E-state index in [1.807, 2.05) is 6.07 Å². The molecule has 0 unspecified atom stereocenters. The van der Waals surface area contributed by atoms with Gasteiger partial charge in [0.15, 0.2) is 0 Å². The fourth-order valence-corrected chi connectivity index (χ4v) is 1.69. The molecule has 0 radical (unpaired) electrons. The summed E-state index contributed by atoms with van der Waals surface area (Å²) in [6.45, 7) is 5.36. The van der Waals surface area contributed by atoms with Crippen molar-refractivity contribution in [3.05, 3.63) is 23.8 Å². The Kier molecular flexibility index (Phi) is 5.54. The Bertz CT molecular complexity index is 441. The first-order chi connectivity index (χ1) is 8.81. The number of phenolic OH excluding ortho intramolecular Hbond substituents is 1. The van der Waals surface area contributed by atoms with Crippen LogP contribution < -0.4 is 5.32 Å². The molecule has 5 heteroatoms. The minimum Gasteiger partial charge on any atom is -0.506 e. The molecule has 0 heterocycles. The summed E-state index contributed by atoms with van der Waals surface area (Å²) >= 11 is 4.16. The number of nitrogens with one attached hydrogen (secondary N) is 1. The van der Waals surface area contributed by atoms with Gasteiger partial charge in [-0.05, 0) is 57.1 Å². The van der Waals surface area contributed by atoms with E-state index >= 15 is 0 Å². The molecule has 0 atom stereocenters. The third kappa shape index (κ3) is 5.87. The number of hydrogen-bond acceptors (Lipinski definition) is 4. The first-order valence-electron chi connectivity index (χ1n) is 6.24. The molecule has 1 aromatic carbocycles. The van der Waals surface area contributed by atoms with Crippen LogP contribution in [0.1, 0.15) is 32.8 Å². The predicted molar refractivity (Wildman–Crippen MR) is 80.1 cm³/mol. The molecular formula is C14H21NO3S. The number of rotatable bonds is 4. The van der Waals surface area contributed by atoms with E-state index in [4.69, 9.17) is 4.74 Å². The van der Waals surface area contributed by atoms with E-state index in [9.17, 15) is 9.90 Å². The number of aromatic hydroxyl groups is 1. The monoisotopic (exact) mass is 283 g/mol. The minimum absolute atomic E-state index is 0.0282. The van der Waals surface area contributed by atoms with Crippen molar-refractivity contribution in [2.45, 2.75) is 39.2 Å². The molecule has 1 aromatic rings. The lowest BCUT2D eigenvalue weighted by molar-refractivity contribution is 0.0635. The van der Waals surface area contributed by atoms with Gasteiger partial charge >= 0.3 is 6.09 Å². The number of amides is 1. The summed E-state index contributed by atoms with van der Waals surface area (Å²) in [5.41, 5.74) is 0.840. The van der Waals surface area contributed by atoms with Gasteiger partial charge in [-0.15, -0.1) is 0 Å². The second-order valence-electron chi connectivity index (χ2n) is 5.31. The fraction of sp³-hybridized carbons (Fsp3) is 0.500. The minimum atomic E-state index is -0.575. The van der Waals surface area contributed by atoms with Crippen LogP contribution in [-0.4, -0.2) is 22.6 Å². The van der Waals surface area contributed by atoms with E-state index in [-0.39, 0.29) is 5.75 Å². The van der Waals surface area contributed by atoms with Gasteiger partial charge in [-0.2, -0.15) is 12.6 Å². The molecule has 0 spiro atoms. The van der Waals surface area contributed by atoms with Crippen molar-refractivity contribution in [1.82, 2.24) is 0 Å². The van der Waals surface area contributed by atoms with Crippen LogP contribution >= 0.6 is 12.6 Å². The summed E-state index contributed by atoms with van der Waals surface area (Å²) in [6, 6.07) is 5.16. The molecule has 1 amide bonds. The van der Waals surface area contributed by atoms with Crippen molar-refractivity contribution in [3.63, 3.8) is 0 Å². The van der Waals surface area contributed by atoms with E-state index in [2.05, 4.69) is 17.9 Å². The average Bonchev–Trinajstić information content (AvgIpc) is 2.27. The smallest absolute Gasteiger partial charge is 0.412 e. The van der Waals surface area contributed by atoms with Crippen LogP contribution in [0.3, 0.4) is 0 Å². The third-order valence-electron chi connectivity index (χ3n) is 2.32. The second-order valence-corrected chi connectivity index (χ2v) is 5.75. The molecule has 0 aliphatic carbocycles. The Morgan fingerprint density at radius 3 is 2.68 bits per heavy atom. The Labute approximate surface area is 119 Å². The number of carbonyl (C=O) groups is 1. The van der Waals surface area contributed by atoms with Crippen molar-refractivity contribution >= 4 is 24.4 Å². The average molecular weight is 283 g/mol. The molecule has 0 aliphatic heterocycles. The van der Waals surface area contributed by atoms with Gasteiger partial charge in [0.2, 0.25) is 0 Å². The summed E-state index contributed by atoms with van der Waals surface area (Å²) in [4.78, 5) is 11.6. The Balaban J connectivity index is 2.73. The van der Waals surface area contributed by atoms with Gasteiger partial charge in [0.25, 0.3) is 0 Å². The van der Waals surface area contributed by atoms with E-state index in [0.717, 1.165) is 24.2 Å². The summed E-state index contributed by atoms with van der Waals surface area (Å²) in [6.07, 6.45) is 1.22. The first kappa shape index (κ1) is 15.7. The lowest BCUT2D eigenvalue weighted by Crippen LogP contribution is -2.27. The predicted octanol–water partition coefficient (Wildman–Crippen LogP) is 3.60. The highest BCUT2D eigenvalue weighted by Gasteiger charge is 2.17. The van der Waals surface area contributed by atoms with Crippen LogP contribution in [0.25, 0.3) is 0 Å². The Morgan fingerprint density at radius 1 is 1.42 bits per heavy atom. The number of anilines is 1. The molecular weight excluding hydrogens is 262 g/mol. The maximum absolute atomic E-state index is 11.6. The van der Waals surface area contributed by atoms with Crippen LogP contribution in [0.2, 0.25) is 0 Å². The second kappa shape index (κ2) is 6.70. The molecule has 0 fully saturated rings. The zero-order valence-corrected chi connectivity index (χ0v) is 12.5. The molecule has 1 rings (SSSR count). The van der Waals surface area contributed by atoms with Crippen LogP contribution in [0.15, 0.2) is 18.2 Å². The maximum atomic E-state index is 11.6. The van der Waals surface area contributed by atoms with E-state index in [1.54, 1.807) is 32.9 Å². The highest BCUT2D eigenvalue weighted by Crippen LogP contribution is 2.25. The van der Waals surface area contributed by atoms with Gasteiger partial charge in [0.05, 0.1) is 5.69 Å². The van der Waals surface area contributed by atoms with Crippen molar-refractivity contribution in [2.24, 2.45) is 0 Å². The van der Waals surface area contributed by atoms with Crippen LogP contribution in [0.4, 0.5) is 10.5 Å². The van der Waals surface area contributed by atoms with E-state index < -0.39 is 11.7 Å². The van der Waals surface area contributed by atoms with E-state index in [1.165, 1.54) is 0 Å². The SMILES string of the molecule is CC(C)(C)OC(=O)Nc1cc(CCCS)ccc1O. The molecule has 0 saturated carbocycles. The molecule has 0 aromatic heterocycles. The number of thiol groups is 1. The number of benzene rings is 1. The number of aryl methyl sites for hydroxylation is 1. The molecule has 0 saturated heterocycles. The van der Waals surface area contributed by atoms with Gasteiger partial charge < -0.3 is 9.84 Å². The van der Waals surface area contributed by atoms with Gasteiger partial charge in [0, 0.05) is 0 Å². The van der Waals surface area contributed by atoms with Crippen molar-refractivity contribution < 1.29 is 14.6 Å². The number of phenols is 1. The molecule has 0 bridgehead atoms. The lowest BCUT2D eigenvalue weighted by Gasteiger charge is -2.20. The standard InChI is InChI=1S/C14H21NO3S/c1-14(2,3)18-13(17)15-11-9-10(5-4-8-19)6-7-12(11)16/h6-7,9,16,19H,4-5,8H2,1-3H3,(H,15,17). The zero-order valence-electron chi connectivity index (χ0n) is 11.6. The van der Waals surface area contributed by atoms with Crippen LogP contribution in [-0.2, 0) is 11.2 Å². The number of ether oxygens (including phenoxy) is 1. The number of carbonyl (C=O) groups excluding carboxylic acids is 1. The van der Waals surface area contributed by atoms with Gasteiger partial charge in [0.1, 0.15) is 11.4 Å². The molecule has 19 heavy (non-hydrogen) atoms. The molecule has 0 aliphatic rings. The largest absolute Gasteiger partial charge is 0.506 e. The van der Waals surface area contributed by atoms with E-state index in [0.29, 0.717) is 5.69 Å². The topological polar surface area (TPSA) is 58.6 Å². The number of hydrogen-bond donors (Lipinski definition) is 3. The summed E-state index contributed by atoms with van der Waals surface area (Å²) in [5, 5.41) is 12.3. The molecule has 2 N–H and O–H groups in total. The van der Waals surface area contributed by atoms with Gasteiger partial charge in [-0.3, -0.25) is 5.32 Å². The third-order valence-corrected chi connectivity index (χ3v) is 2.64. The lowest BCUT2D eigenvalue weighted by atomic mass is 10.1. The highest BCUT2D eigenvalue weighted by atomic mass is 32.1. The zero-order chi connectivity index (χ0) is 14.5. The Hall–Kier alpha value is -1.36. The van der Waals surface area contributed by atoms with Gasteiger partial charge in [-0.1, -0.05) is 6.07 Å². The highest BCUT2D eigenvalue weighted by molar-refractivity contribution is 7.80. The Morgan fingerprint density at radius 2 is 2.11 bits per heavy atom. The van der Waals surface area contributed by atoms with Crippen molar-refractivity contribution in [2.75, 3.05) is 11.1 Å². The molecule has 106 valence electrons.